The number of nitro groups is 1. The zero-order valence-electron chi connectivity index (χ0n) is 14.4. The third-order valence-corrected chi connectivity index (χ3v) is 4.17. The maximum atomic E-state index is 11.8. The topological polar surface area (TPSA) is 123 Å². The maximum absolute atomic E-state index is 11.8. The van der Waals surface area contributed by atoms with Crippen LogP contribution in [0.4, 0.5) is 5.69 Å². The number of halogens is 1. The maximum Gasteiger partial charge on any atom is 0.311 e. The van der Waals surface area contributed by atoms with E-state index < -0.39 is 17.4 Å². The van der Waals surface area contributed by atoms with Crippen LogP contribution in [0.2, 0.25) is 0 Å². The molecule has 0 aliphatic heterocycles. The van der Waals surface area contributed by atoms with Crippen LogP contribution in [-0.2, 0) is 4.79 Å². The molecule has 2 N–H and O–H groups in total. The summed E-state index contributed by atoms with van der Waals surface area (Å²) >= 11 is 1.94. The first-order valence-corrected chi connectivity index (χ1v) is 8.66. The third kappa shape index (κ3) is 5.54. The third-order valence-electron chi connectivity index (χ3n) is 3.34. The van der Waals surface area contributed by atoms with E-state index in [9.17, 15) is 20.0 Å². The van der Waals surface area contributed by atoms with E-state index in [1.165, 1.54) is 25.5 Å². The number of methoxy groups -OCH3 is 1. The molecule has 2 rings (SSSR count). The van der Waals surface area contributed by atoms with Crippen molar-refractivity contribution >= 4 is 40.4 Å². The predicted molar refractivity (Wildman–Crippen MR) is 106 cm³/mol. The Bertz CT molecular complexity index is 900. The molecule has 0 atom stereocenters. The van der Waals surface area contributed by atoms with Gasteiger partial charge >= 0.3 is 5.69 Å². The van der Waals surface area contributed by atoms with Crippen molar-refractivity contribution in [2.24, 2.45) is 5.10 Å². The van der Waals surface area contributed by atoms with Gasteiger partial charge in [-0.15, -0.1) is 0 Å². The molecule has 142 valence electrons. The summed E-state index contributed by atoms with van der Waals surface area (Å²) in [5, 5.41) is 24.6. The molecule has 0 aliphatic carbocycles. The first-order valence-electron chi connectivity index (χ1n) is 7.58. The standard InChI is InChI=1S/C17H16IN3O6/c1-10-3-4-14(13(5-10)21(24)25)27-9-16(22)20-19-8-11-6-12(18)17(23)15(7-11)26-2/h3-8,23H,9H2,1-2H3,(H,20,22)/b19-8-. The number of hydrazone groups is 1. The fourth-order valence-electron chi connectivity index (χ4n) is 2.07. The largest absolute Gasteiger partial charge is 0.504 e. The molecule has 0 aliphatic rings. The summed E-state index contributed by atoms with van der Waals surface area (Å²) < 4.78 is 10.8. The van der Waals surface area contributed by atoms with Crippen molar-refractivity contribution in [1.82, 2.24) is 5.43 Å². The van der Waals surface area contributed by atoms with Gasteiger partial charge in [0, 0.05) is 6.07 Å². The summed E-state index contributed by atoms with van der Waals surface area (Å²) in [4.78, 5) is 22.3. The predicted octanol–water partition coefficient (Wildman–Crippen LogP) is 2.75. The highest BCUT2D eigenvalue weighted by Gasteiger charge is 2.16. The molecule has 0 unspecified atom stereocenters. The lowest BCUT2D eigenvalue weighted by molar-refractivity contribution is -0.385. The van der Waals surface area contributed by atoms with Crippen molar-refractivity contribution in [3.8, 4) is 17.2 Å². The highest BCUT2D eigenvalue weighted by atomic mass is 127. The van der Waals surface area contributed by atoms with Gasteiger partial charge in [-0.3, -0.25) is 14.9 Å². The molecule has 0 heterocycles. The number of phenolic OH excluding ortho intramolecular Hbond substituents is 1. The van der Waals surface area contributed by atoms with Gasteiger partial charge < -0.3 is 14.6 Å². The number of phenols is 1. The molecule has 27 heavy (non-hydrogen) atoms. The zero-order chi connectivity index (χ0) is 20.0. The van der Waals surface area contributed by atoms with Crippen LogP contribution in [0.5, 0.6) is 17.2 Å². The van der Waals surface area contributed by atoms with Gasteiger partial charge in [-0.25, -0.2) is 5.43 Å². The number of hydrogen-bond acceptors (Lipinski definition) is 7. The number of aromatic hydroxyl groups is 1. The Morgan fingerprint density at radius 2 is 2.11 bits per heavy atom. The Morgan fingerprint density at radius 1 is 1.37 bits per heavy atom. The monoisotopic (exact) mass is 485 g/mol. The van der Waals surface area contributed by atoms with E-state index in [1.54, 1.807) is 25.1 Å². The minimum atomic E-state index is -0.582. The molecule has 0 spiro atoms. The number of hydrogen-bond donors (Lipinski definition) is 2. The molecule has 10 heteroatoms. The van der Waals surface area contributed by atoms with Gasteiger partial charge in [0.15, 0.2) is 23.9 Å². The summed E-state index contributed by atoms with van der Waals surface area (Å²) in [5.74, 6) is -0.277. The van der Waals surface area contributed by atoms with E-state index in [2.05, 4.69) is 10.5 Å². The van der Waals surface area contributed by atoms with Gasteiger partial charge in [0.05, 0.1) is 21.8 Å². The van der Waals surface area contributed by atoms with E-state index >= 15 is 0 Å². The van der Waals surface area contributed by atoms with E-state index in [0.717, 1.165) is 0 Å². The molecule has 0 saturated heterocycles. The van der Waals surface area contributed by atoms with Gasteiger partial charge in [-0.2, -0.15) is 5.10 Å². The number of nitro benzene ring substituents is 1. The highest BCUT2D eigenvalue weighted by Crippen LogP contribution is 2.31. The first-order chi connectivity index (χ1) is 12.8. The Balaban J connectivity index is 1.97. The summed E-state index contributed by atoms with van der Waals surface area (Å²) in [7, 11) is 1.43. The fraction of sp³-hybridized carbons (Fsp3) is 0.176. The van der Waals surface area contributed by atoms with E-state index in [1.807, 2.05) is 22.6 Å². The molecule has 0 bridgehead atoms. The minimum absolute atomic E-state index is 0.00237. The van der Waals surface area contributed by atoms with Crippen LogP contribution < -0.4 is 14.9 Å². The number of carbonyl (C=O) groups excluding carboxylic acids is 1. The second-order valence-corrected chi connectivity index (χ2v) is 6.53. The number of benzene rings is 2. The van der Waals surface area contributed by atoms with Gasteiger partial charge in [0.2, 0.25) is 0 Å². The lowest BCUT2D eigenvalue weighted by Gasteiger charge is -2.07. The quantitative estimate of drug-likeness (QED) is 0.269. The second kappa shape index (κ2) is 9.16. The average Bonchev–Trinajstić information content (AvgIpc) is 2.63. The van der Waals surface area contributed by atoms with Crippen LogP contribution in [0.15, 0.2) is 35.4 Å². The van der Waals surface area contributed by atoms with E-state index in [-0.39, 0.29) is 22.9 Å². The van der Waals surface area contributed by atoms with Crippen molar-refractivity contribution in [1.29, 1.82) is 0 Å². The van der Waals surface area contributed by atoms with Crippen molar-refractivity contribution in [2.75, 3.05) is 13.7 Å². The minimum Gasteiger partial charge on any atom is -0.504 e. The Hall–Kier alpha value is -2.89. The van der Waals surface area contributed by atoms with Gasteiger partial charge in [0.25, 0.3) is 5.91 Å². The molecule has 0 saturated carbocycles. The van der Waals surface area contributed by atoms with Crippen LogP contribution in [0.3, 0.4) is 0 Å². The van der Waals surface area contributed by atoms with Gasteiger partial charge in [-0.1, -0.05) is 6.07 Å². The Morgan fingerprint density at radius 3 is 2.78 bits per heavy atom. The molecular weight excluding hydrogens is 469 g/mol. The summed E-state index contributed by atoms with van der Waals surface area (Å²) in [5.41, 5.74) is 3.36. The molecular formula is C17H16IN3O6. The summed E-state index contributed by atoms with van der Waals surface area (Å²) in [6, 6.07) is 7.66. The number of aryl methyl sites for hydroxylation is 1. The Labute approximate surface area is 168 Å². The normalized spacial score (nSPS) is 10.6. The van der Waals surface area contributed by atoms with Crippen molar-refractivity contribution in [3.05, 3.63) is 55.1 Å². The summed E-state index contributed by atoms with van der Waals surface area (Å²) in [6.07, 6.45) is 1.37. The van der Waals surface area contributed by atoms with Crippen LogP contribution in [0.25, 0.3) is 0 Å². The van der Waals surface area contributed by atoms with Crippen molar-refractivity contribution in [2.45, 2.75) is 6.92 Å². The number of ether oxygens (including phenoxy) is 2. The molecule has 2 aromatic carbocycles. The number of rotatable bonds is 7. The highest BCUT2D eigenvalue weighted by molar-refractivity contribution is 14.1. The lowest BCUT2D eigenvalue weighted by Crippen LogP contribution is -2.24. The number of carbonyl (C=O) groups is 1. The van der Waals surface area contributed by atoms with Gasteiger partial charge in [0.1, 0.15) is 0 Å². The number of nitrogens with zero attached hydrogens (tertiary/aromatic N) is 2. The van der Waals surface area contributed by atoms with Gasteiger partial charge in [-0.05, 0) is 58.8 Å². The van der Waals surface area contributed by atoms with E-state index in [4.69, 9.17) is 9.47 Å². The van der Waals surface area contributed by atoms with Crippen molar-refractivity contribution in [3.63, 3.8) is 0 Å². The molecule has 2 aromatic rings. The zero-order valence-corrected chi connectivity index (χ0v) is 16.6. The molecule has 0 radical (unpaired) electrons. The first kappa shape index (κ1) is 20.4. The fourth-order valence-corrected chi connectivity index (χ4v) is 2.70. The molecule has 1 amide bonds. The number of nitrogens with one attached hydrogen (secondary N) is 1. The molecule has 0 fully saturated rings. The van der Waals surface area contributed by atoms with E-state index in [0.29, 0.717) is 14.7 Å². The average molecular weight is 485 g/mol. The molecule has 9 nitrogen and oxygen atoms in total. The SMILES string of the molecule is COc1cc(/C=N\NC(=O)COc2ccc(C)cc2[N+](=O)[O-])cc(I)c1O. The van der Waals surface area contributed by atoms with Crippen LogP contribution in [0, 0.1) is 20.6 Å². The number of amides is 1. The second-order valence-electron chi connectivity index (χ2n) is 5.36. The molecule has 0 aromatic heterocycles. The smallest absolute Gasteiger partial charge is 0.311 e. The van der Waals surface area contributed by atoms with Crippen LogP contribution in [0.1, 0.15) is 11.1 Å². The van der Waals surface area contributed by atoms with Crippen LogP contribution in [-0.4, -0.2) is 35.9 Å². The Kier molecular flexibility index (Phi) is 6.93. The lowest BCUT2D eigenvalue weighted by atomic mass is 10.2. The summed E-state index contributed by atoms with van der Waals surface area (Å²) in [6.45, 7) is 1.29. The van der Waals surface area contributed by atoms with Crippen LogP contribution >= 0.6 is 22.6 Å². The van der Waals surface area contributed by atoms with Crippen molar-refractivity contribution < 1.29 is 24.3 Å².